The predicted molar refractivity (Wildman–Crippen MR) is 86.7 cm³/mol. The zero-order valence-corrected chi connectivity index (χ0v) is 13.3. The molecule has 0 bridgehead atoms. The van der Waals surface area contributed by atoms with Crippen LogP contribution in [0.1, 0.15) is 12.5 Å². The molecule has 22 heavy (non-hydrogen) atoms. The van der Waals surface area contributed by atoms with Gasteiger partial charge in [0.15, 0.2) is 6.61 Å². The third-order valence-corrected chi connectivity index (χ3v) is 3.25. The maximum atomic E-state index is 11.6. The van der Waals surface area contributed by atoms with Gasteiger partial charge in [-0.15, -0.1) is 0 Å². The minimum atomic E-state index is -0.624. The largest absolute Gasteiger partial charge is 0.480 e. The molecule has 0 heterocycles. The van der Waals surface area contributed by atoms with Crippen molar-refractivity contribution in [3.05, 3.63) is 64.1 Å². The summed E-state index contributed by atoms with van der Waals surface area (Å²) in [6, 6.07) is 14.1. The lowest BCUT2D eigenvalue weighted by Crippen LogP contribution is -2.13. The Morgan fingerprint density at radius 3 is 2.55 bits per heavy atom. The second-order valence-corrected chi connectivity index (χ2v) is 5.21. The molecular weight excluding hydrogens is 325 g/mol. The number of oxime groups is 1. The van der Waals surface area contributed by atoms with Crippen LogP contribution in [0, 0.1) is 0 Å². The fraction of sp³-hybridized carbons (Fsp3) is 0.125. The molecule has 0 aliphatic carbocycles. The number of hydrogen-bond acceptors (Lipinski definition) is 4. The van der Waals surface area contributed by atoms with Crippen LogP contribution in [0.2, 0.25) is 10.0 Å². The first-order valence-corrected chi connectivity index (χ1v) is 7.19. The predicted octanol–water partition coefficient (Wildman–Crippen LogP) is 4.34. The third-order valence-electron chi connectivity index (χ3n) is 2.72. The van der Waals surface area contributed by atoms with Crippen molar-refractivity contribution < 1.29 is 14.4 Å². The van der Waals surface area contributed by atoms with Gasteiger partial charge in [-0.05, 0) is 30.7 Å². The van der Waals surface area contributed by atoms with Crippen molar-refractivity contribution in [3.63, 3.8) is 0 Å². The summed E-state index contributed by atoms with van der Waals surface area (Å²) >= 11 is 11.7. The molecule has 6 heteroatoms. The molecule has 114 valence electrons. The summed E-state index contributed by atoms with van der Waals surface area (Å²) in [5.74, 6) is -0.270. The minimum absolute atomic E-state index is 0.299. The van der Waals surface area contributed by atoms with Crippen LogP contribution in [0.5, 0.6) is 5.75 Å². The molecule has 0 aliphatic rings. The molecular formula is C16H13Cl2NO3. The number of hydrogen-bond donors (Lipinski definition) is 0. The number of carbonyl (C=O) groups is 1. The number of ether oxygens (including phenoxy) is 1. The lowest BCUT2D eigenvalue weighted by atomic mass is 10.1. The average Bonchev–Trinajstić information content (AvgIpc) is 2.52. The Morgan fingerprint density at radius 1 is 1.14 bits per heavy atom. The van der Waals surface area contributed by atoms with Gasteiger partial charge in [0.25, 0.3) is 0 Å². The quantitative estimate of drug-likeness (QED) is 0.463. The highest BCUT2D eigenvalue weighted by Crippen LogP contribution is 2.27. The molecule has 0 saturated heterocycles. The normalized spacial score (nSPS) is 11.1. The van der Waals surface area contributed by atoms with E-state index in [1.54, 1.807) is 19.1 Å². The van der Waals surface area contributed by atoms with Crippen LogP contribution in [-0.4, -0.2) is 18.3 Å². The van der Waals surface area contributed by atoms with E-state index < -0.39 is 5.97 Å². The fourth-order valence-electron chi connectivity index (χ4n) is 1.61. The van der Waals surface area contributed by atoms with Gasteiger partial charge < -0.3 is 9.57 Å². The number of benzene rings is 2. The van der Waals surface area contributed by atoms with Gasteiger partial charge in [0, 0.05) is 5.02 Å². The van der Waals surface area contributed by atoms with Gasteiger partial charge >= 0.3 is 5.97 Å². The van der Waals surface area contributed by atoms with Gasteiger partial charge in [0.1, 0.15) is 5.75 Å². The molecule has 0 radical (unpaired) electrons. The van der Waals surface area contributed by atoms with Gasteiger partial charge in [-0.1, -0.05) is 58.7 Å². The van der Waals surface area contributed by atoms with Crippen LogP contribution in [0.4, 0.5) is 0 Å². The number of carbonyl (C=O) groups excluding carboxylic acids is 1. The molecule has 0 spiro atoms. The number of nitrogens with zero attached hydrogens (tertiary/aromatic N) is 1. The molecule has 2 rings (SSSR count). The summed E-state index contributed by atoms with van der Waals surface area (Å²) in [4.78, 5) is 16.4. The van der Waals surface area contributed by atoms with Gasteiger partial charge in [0.2, 0.25) is 0 Å². The average molecular weight is 338 g/mol. The Labute approximate surface area is 138 Å². The molecule has 0 atom stereocenters. The molecule has 2 aromatic rings. The summed E-state index contributed by atoms with van der Waals surface area (Å²) < 4.78 is 5.26. The summed E-state index contributed by atoms with van der Waals surface area (Å²) in [5, 5.41) is 4.59. The van der Waals surface area contributed by atoms with Crippen LogP contribution in [-0.2, 0) is 9.63 Å². The zero-order chi connectivity index (χ0) is 15.9. The Hall–Kier alpha value is -2.04. The minimum Gasteiger partial charge on any atom is -0.480 e. The molecule has 0 unspecified atom stereocenters. The van der Waals surface area contributed by atoms with Crippen LogP contribution in [0.15, 0.2) is 53.7 Å². The molecule has 0 aliphatic heterocycles. The van der Waals surface area contributed by atoms with Crippen LogP contribution in [0.3, 0.4) is 0 Å². The maximum Gasteiger partial charge on any atom is 0.372 e. The Kier molecular flexibility index (Phi) is 5.81. The molecule has 2 aromatic carbocycles. The molecule has 0 saturated carbocycles. The van der Waals surface area contributed by atoms with E-state index in [2.05, 4.69) is 5.16 Å². The van der Waals surface area contributed by atoms with Crippen molar-refractivity contribution in [3.8, 4) is 5.75 Å². The van der Waals surface area contributed by atoms with Crippen molar-refractivity contribution >= 4 is 34.9 Å². The SMILES string of the molecule is C/C(=N\OC(=O)COc1ccc(Cl)cc1Cl)c1ccccc1. The summed E-state index contributed by atoms with van der Waals surface area (Å²) in [5.41, 5.74) is 1.47. The first kappa shape index (κ1) is 16.3. The maximum absolute atomic E-state index is 11.6. The highest BCUT2D eigenvalue weighted by molar-refractivity contribution is 6.35. The van der Waals surface area contributed by atoms with E-state index in [9.17, 15) is 4.79 Å². The van der Waals surface area contributed by atoms with Crippen LogP contribution in [0.25, 0.3) is 0 Å². The first-order chi connectivity index (χ1) is 10.6. The highest BCUT2D eigenvalue weighted by atomic mass is 35.5. The summed E-state index contributed by atoms with van der Waals surface area (Å²) in [7, 11) is 0. The van der Waals surface area contributed by atoms with E-state index in [-0.39, 0.29) is 6.61 Å². The van der Waals surface area contributed by atoms with Gasteiger partial charge in [-0.3, -0.25) is 0 Å². The zero-order valence-electron chi connectivity index (χ0n) is 11.8. The van der Waals surface area contributed by atoms with Crippen molar-refractivity contribution in [2.75, 3.05) is 6.61 Å². The van der Waals surface area contributed by atoms with Crippen molar-refractivity contribution in [1.82, 2.24) is 0 Å². The lowest BCUT2D eigenvalue weighted by Gasteiger charge is -2.06. The second kappa shape index (κ2) is 7.82. The molecule has 0 amide bonds. The molecule has 4 nitrogen and oxygen atoms in total. The highest BCUT2D eigenvalue weighted by Gasteiger charge is 2.08. The van der Waals surface area contributed by atoms with Gasteiger partial charge in [-0.2, -0.15) is 0 Å². The smallest absolute Gasteiger partial charge is 0.372 e. The van der Waals surface area contributed by atoms with Crippen LogP contribution < -0.4 is 4.74 Å². The van der Waals surface area contributed by atoms with Crippen molar-refractivity contribution in [2.45, 2.75) is 6.92 Å². The van der Waals surface area contributed by atoms with Crippen LogP contribution >= 0.6 is 23.2 Å². The topological polar surface area (TPSA) is 47.9 Å². The Balaban J connectivity index is 1.88. The first-order valence-electron chi connectivity index (χ1n) is 6.44. The lowest BCUT2D eigenvalue weighted by molar-refractivity contribution is -0.146. The standard InChI is InChI=1S/C16H13Cl2NO3/c1-11(12-5-3-2-4-6-12)19-22-16(20)10-21-15-8-7-13(17)9-14(15)18/h2-9H,10H2,1H3/b19-11+. The van der Waals surface area contributed by atoms with E-state index >= 15 is 0 Å². The number of halogens is 2. The van der Waals surface area contributed by atoms with E-state index in [0.29, 0.717) is 21.5 Å². The Bertz CT molecular complexity index is 687. The second-order valence-electron chi connectivity index (χ2n) is 4.37. The van der Waals surface area contributed by atoms with E-state index in [0.717, 1.165) is 5.56 Å². The number of rotatable bonds is 5. The molecule has 0 N–H and O–H groups in total. The molecule has 0 fully saturated rings. The fourth-order valence-corrected chi connectivity index (χ4v) is 2.07. The Morgan fingerprint density at radius 2 is 1.86 bits per heavy atom. The van der Waals surface area contributed by atoms with E-state index in [4.69, 9.17) is 32.8 Å². The van der Waals surface area contributed by atoms with Gasteiger partial charge in [-0.25, -0.2) is 4.79 Å². The van der Waals surface area contributed by atoms with Gasteiger partial charge in [0.05, 0.1) is 10.7 Å². The summed E-state index contributed by atoms with van der Waals surface area (Å²) in [6.45, 7) is 1.45. The van der Waals surface area contributed by atoms with Crippen molar-refractivity contribution in [2.24, 2.45) is 5.16 Å². The molecule has 0 aromatic heterocycles. The third kappa shape index (κ3) is 4.76. The summed E-state index contributed by atoms with van der Waals surface area (Å²) in [6.07, 6.45) is 0. The monoisotopic (exact) mass is 337 g/mol. The van der Waals surface area contributed by atoms with E-state index in [1.807, 2.05) is 30.3 Å². The van der Waals surface area contributed by atoms with E-state index in [1.165, 1.54) is 6.07 Å². The van der Waals surface area contributed by atoms with Crippen molar-refractivity contribution in [1.29, 1.82) is 0 Å².